The number of urea groups is 1. The molecule has 0 saturated heterocycles. The van der Waals surface area contributed by atoms with E-state index in [4.69, 9.17) is 11.6 Å². The zero-order valence-corrected chi connectivity index (χ0v) is 9.05. The van der Waals surface area contributed by atoms with E-state index in [0.29, 0.717) is 18.1 Å². The van der Waals surface area contributed by atoms with Crippen LogP contribution >= 0.6 is 11.6 Å². The van der Waals surface area contributed by atoms with Crippen molar-refractivity contribution in [3.63, 3.8) is 0 Å². The highest BCUT2D eigenvalue weighted by Crippen LogP contribution is 2.08. The molecule has 0 atom stereocenters. The molecule has 0 saturated carbocycles. The molecule has 15 heavy (non-hydrogen) atoms. The van der Waals surface area contributed by atoms with E-state index in [1.807, 2.05) is 12.1 Å². The van der Waals surface area contributed by atoms with Crippen LogP contribution in [0.25, 0.3) is 0 Å². The highest BCUT2D eigenvalue weighted by atomic mass is 35.5. The van der Waals surface area contributed by atoms with Gasteiger partial charge < -0.3 is 10.6 Å². The molecule has 1 rings (SSSR count). The van der Waals surface area contributed by atoms with Crippen molar-refractivity contribution in [3.05, 3.63) is 47.5 Å². The Labute approximate surface area is 94.1 Å². The molecule has 0 aliphatic rings. The summed E-state index contributed by atoms with van der Waals surface area (Å²) in [6.45, 7) is 4.45. The lowest BCUT2D eigenvalue weighted by atomic mass is 10.2. The molecule has 0 unspecified atom stereocenters. The Hall–Kier alpha value is -1.48. The summed E-state index contributed by atoms with van der Waals surface area (Å²) < 4.78 is 0. The lowest BCUT2D eigenvalue weighted by Crippen LogP contribution is -2.34. The van der Waals surface area contributed by atoms with Crippen molar-refractivity contribution in [1.82, 2.24) is 10.6 Å². The molecule has 2 amide bonds. The molecule has 0 heterocycles. The second kappa shape index (κ2) is 6.09. The number of rotatable bonds is 4. The highest BCUT2D eigenvalue weighted by Gasteiger charge is 1.98. The smallest absolute Gasteiger partial charge is 0.315 e. The van der Waals surface area contributed by atoms with Crippen LogP contribution < -0.4 is 10.6 Å². The lowest BCUT2D eigenvalue weighted by Gasteiger charge is -2.05. The van der Waals surface area contributed by atoms with Crippen LogP contribution in [-0.2, 0) is 6.54 Å². The summed E-state index contributed by atoms with van der Waals surface area (Å²) in [5.74, 6) is 0. The number of hydrogen-bond donors (Lipinski definition) is 2. The quantitative estimate of drug-likeness (QED) is 0.758. The van der Waals surface area contributed by atoms with Gasteiger partial charge in [0, 0.05) is 18.1 Å². The first-order chi connectivity index (χ1) is 7.22. The van der Waals surface area contributed by atoms with Crippen molar-refractivity contribution in [2.45, 2.75) is 6.54 Å². The number of hydrogen-bond acceptors (Lipinski definition) is 1. The van der Waals surface area contributed by atoms with Crippen LogP contribution in [0.2, 0.25) is 5.02 Å². The maximum atomic E-state index is 11.1. The lowest BCUT2D eigenvalue weighted by molar-refractivity contribution is 0.241. The largest absolute Gasteiger partial charge is 0.335 e. The average Bonchev–Trinajstić information content (AvgIpc) is 2.25. The topological polar surface area (TPSA) is 41.1 Å². The first kappa shape index (κ1) is 11.6. The normalized spacial score (nSPS) is 9.40. The van der Waals surface area contributed by atoms with Gasteiger partial charge in [0.05, 0.1) is 0 Å². The molecule has 0 fully saturated rings. The summed E-state index contributed by atoms with van der Waals surface area (Å²) in [4.78, 5) is 11.1. The molecule has 2 N–H and O–H groups in total. The van der Waals surface area contributed by atoms with Gasteiger partial charge in [0.2, 0.25) is 0 Å². The number of benzene rings is 1. The van der Waals surface area contributed by atoms with Gasteiger partial charge in [-0.15, -0.1) is 6.58 Å². The van der Waals surface area contributed by atoms with Crippen molar-refractivity contribution in [1.29, 1.82) is 0 Å². The van der Waals surface area contributed by atoms with E-state index in [-0.39, 0.29) is 6.03 Å². The Morgan fingerprint density at radius 2 is 2.00 bits per heavy atom. The van der Waals surface area contributed by atoms with Crippen LogP contribution in [0.4, 0.5) is 4.79 Å². The Morgan fingerprint density at radius 3 is 2.60 bits per heavy atom. The van der Waals surface area contributed by atoms with Gasteiger partial charge in [0.25, 0.3) is 0 Å². The van der Waals surface area contributed by atoms with Gasteiger partial charge in [0.1, 0.15) is 0 Å². The minimum Gasteiger partial charge on any atom is -0.335 e. The second-order valence-electron chi connectivity index (χ2n) is 2.98. The summed E-state index contributed by atoms with van der Waals surface area (Å²) in [5.41, 5.74) is 1.01. The van der Waals surface area contributed by atoms with Gasteiger partial charge >= 0.3 is 6.03 Å². The number of halogens is 1. The van der Waals surface area contributed by atoms with Gasteiger partial charge in [-0.05, 0) is 17.7 Å². The molecule has 0 radical (unpaired) electrons. The first-order valence-electron chi connectivity index (χ1n) is 4.59. The van der Waals surface area contributed by atoms with Crippen LogP contribution in [0.1, 0.15) is 5.56 Å². The van der Waals surface area contributed by atoms with Crippen molar-refractivity contribution in [2.75, 3.05) is 6.54 Å². The molecule has 0 aliphatic heterocycles. The van der Waals surface area contributed by atoms with E-state index >= 15 is 0 Å². The summed E-state index contributed by atoms with van der Waals surface area (Å²) in [6, 6.07) is 7.12. The predicted octanol–water partition coefficient (Wildman–Crippen LogP) is 2.33. The van der Waals surface area contributed by atoms with E-state index < -0.39 is 0 Å². The van der Waals surface area contributed by atoms with E-state index in [1.54, 1.807) is 18.2 Å². The van der Waals surface area contributed by atoms with Crippen LogP contribution in [0.3, 0.4) is 0 Å². The Kier molecular flexibility index (Phi) is 4.71. The monoisotopic (exact) mass is 224 g/mol. The SMILES string of the molecule is C=CCNC(=O)NCc1ccc(Cl)cc1. The van der Waals surface area contributed by atoms with Gasteiger partial charge in [-0.25, -0.2) is 4.79 Å². The Bertz CT molecular complexity index is 335. The maximum Gasteiger partial charge on any atom is 0.315 e. The van der Waals surface area contributed by atoms with Crippen molar-refractivity contribution in [2.24, 2.45) is 0 Å². The van der Waals surface area contributed by atoms with Crippen LogP contribution in [0.5, 0.6) is 0 Å². The third-order valence-corrected chi connectivity index (χ3v) is 2.03. The predicted molar refractivity (Wildman–Crippen MR) is 61.9 cm³/mol. The van der Waals surface area contributed by atoms with Gasteiger partial charge in [0.15, 0.2) is 0 Å². The third kappa shape index (κ3) is 4.51. The van der Waals surface area contributed by atoms with Gasteiger partial charge in [-0.2, -0.15) is 0 Å². The molecule has 4 heteroatoms. The molecule has 1 aromatic carbocycles. The Balaban J connectivity index is 2.33. The van der Waals surface area contributed by atoms with Crippen molar-refractivity contribution < 1.29 is 4.79 Å². The number of amides is 2. The van der Waals surface area contributed by atoms with E-state index in [9.17, 15) is 4.79 Å². The zero-order valence-electron chi connectivity index (χ0n) is 8.29. The number of carbonyl (C=O) groups is 1. The first-order valence-corrected chi connectivity index (χ1v) is 4.97. The molecule has 1 aromatic rings. The summed E-state index contributed by atoms with van der Waals surface area (Å²) in [5, 5.41) is 6.02. The van der Waals surface area contributed by atoms with Gasteiger partial charge in [-0.3, -0.25) is 0 Å². The summed E-state index contributed by atoms with van der Waals surface area (Å²) in [6.07, 6.45) is 1.63. The number of nitrogens with one attached hydrogen (secondary N) is 2. The molecular weight excluding hydrogens is 212 g/mol. The van der Waals surface area contributed by atoms with Crippen LogP contribution in [0.15, 0.2) is 36.9 Å². The van der Waals surface area contributed by atoms with Crippen molar-refractivity contribution >= 4 is 17.6 Å². The summed E-state index contributed by atoms with van der Waals surface area (Å²) >= 11 is 5.73. The third-order valence-electron chi connectivity index (χ3n) is 1.77. The fourth-order valence-electron chi connectivity index (χ4n) is 1.01. The molecule has 0 spiro atoms. The van der Waals surface area contributed by atoms with Crippen molar-refractivity contribution in [3.8, 4) is 0 Å². The second-order valence-corrected chi connectivity index (χ2v) is 3.42. The van der Waals surface area contributed by atoms with Crippen LogP contribution in [0, 0.1) is 0 Å². The van der Waals surface area contributed by atoms with Gasteiger partial charge in [-0.1, -0.05) is 29.8 Å². The number of carbonyl (C=O) groups excluding carboxylic acids is 1. The maximum absolute atomic E-state index is 11.1. The van der Waals surface area contributed by atoms with E-state index in [2.05, 4.69) is 17.2 Å². The molecule has 0 aliphatic carbocycles. The molecule has 80 valence electrons. The van der Waals surface area contributed by atoms with E-state index in [0.717, 1.165) is 5.56 Å². The minimum atomic E-state index is -0.204. The zero-order chi connectivity index (χ0) is 11.1. The average molecular weight is 225 g/mol. The Morgan fingerprint density at radius 1 is 1.33 bits per heavy atom. The molecule has 0 aromatic heterocycles. The fraction of sp³-hybridized carbons (Fsp3) is 0.182. The standard InChI is InChI=1S/C11H13ClN2O/c1-2-7-13-11(15)14-8-9-3-5-10(12)6-4-9/h2-6H,1,7-8H2,(H2,13,14,15). The minimum absolute atomic E-state index is 0.204. The molecule has 3 nitrogen and oxygen atoms in total. The van der Waals surface area contributed by atoms with Crippen LogP contribution in [-0.4, -0.2) is 12.6 Å². The fourth-order valence-corrected chi connectivity index (χ4v) is 1.14. The van der Waals surface area contributed by atoms with E-state index in [1.165, 1.54) is 0 Å². The summed E-state index contributed by atoms with van der Waals surface area (Å²) in [7, 11) is 0. The highest BCUT2D eigenvalue weighted by molar-refractivity contribution is 6.30. The molecule has 0 bridgehead atoms. The molecular formula is C11H13ClN2O.